The number of hydrogen-bond donors (Lipinski definition) is 0. The number of benzene rings is 2. The molecule has 1 aliphatic rings. The molecule has 0 radical (unpaired) electrons. The maximum Gasteiger partial charge on any atom is 0.203 e. The Kier molecular flexibility index (Phi) is 4.74. The molecule has 24 heavy (non-hydrogen) atoms. The Balaban J connectivity index is 2.20. The Morgan fingerprint density at radius 1 is 0.875 bits per heavy atom. The number of carbonyl (C=O) groups excluding carboxylic acids is 1. The maximum atomic E-state index is 12.0. The molecular weight excluding hydrogens is 304 g/mol. The summed E-state index contributed by atoms with van der Waals surface area (Å²) in [5.41, 5.74) is 3.88. The topological polar surface area (TPSA) is 44.8 Å². The van der Waals surface area contributed by atoms with E-state index in [9.17, 15) is 4.79 Å². The molecule has 0 amide bonds. The minimum absolute atomic E-state index is 0.211. The van der Waals surface area contributed by atoms with Crippen molar-refractivity contribution in [1.29, 1.82) is 0 Å². The van der Waals surface area contributed by atoms with E-state index >= 15 is 0 Å². The highest BCUT2D eigenvalue weighted by atomic mass is 16.5. The summed E-state index contributed by atoms with van der Waals surface area (Å²) in [6.07, 6.45) is 1.34. The van der Waals surface area contributed by atoms with E-state index in [1.165, 1.54) is 0 Å². The van der Waals surface area contributed by atoms with Crippen LogP contribution in [0.5, 0.6) is 17.2 Å². The van der Waals surface area contributed by atoms with Gasteiger partial charge in [0.2, 0.25) is 5.75 Å². The van der Waals surface area contributed by atoms with E-state index in [2.05, 4.69) is 0 Å². The zero-order valence-corrected chi connectivity index (χ0v) is 14.3. The second-order valence-electron chi connectivity index (χ2n) is 5.59. The van der Waals surface area contributed by atoms with Crippen molar-refractivity contribution in [3.63, 3.8) is 0 Å². The molecule has 0 bridgehead atoms. The lowest BCUT2D eigenvalue weighted by molar-refractivity contribution is 0.0994. The number of rotatable bonds is 6. The fourth-order valence-corrected chi connectivity index (χ4v) is 3.25. The largest absolute Gasteiger partial charge is 0.490 e. The van der Waals surface area contributed by atoms with Gasteiger partial charge in [-0.2, -0.15) is 0 Å². The van der Waals surface area contributed by atoms with Crippen molar-refractivity contribution < 1.29 is 19.0 Å². The number of hydrogen-bond acceptors (Lipinski definition) is 4. The van der Waals surface area contributed by atoms with E-state index in [-0.39, 0.29) is 5.78 Å². The predicted octanol–water partition coefficient (Wildman–Crippen LogP) is 4.29. The van der Waals surface area contributed by atoms with Crippen molar-refractivity contribution in [2.24, 2.45) is 0 Å². The molecule has 0 aromatic heterocycles. The van der Waals surface area contributed by atoms with Gasteiger partial charge < -0.3 is 14.2 Å². The van der Waals surface area contributed by atoms with Gasteiger partial charge >= 0.3 is 0 Å². The molecule has 2 aromatic carbocycles. The number of Topliss-reactive ketones (excluding diaryl/α,β-unsaturated/α-hetero) is 1. The summed E-state index contributed by atoms with van der Waals surface area (Å²) in [7, 11) is 1.61. The summed E-state index contributed by atoms with van der Waals surface area (Å²) >= 11 is 0. The van der Waals surface area contributed by atoms with E-state index < -0.39 is 0 Å². The van der Waals surface area contributed by atoms with Crippen molar-refractivity contribution in [2.45, 2.75) is 26.7 Å². The second-order valence-corrected chi connectivity index (χ2v) is 5.59. The molecule has 0 N–H and O–H groups in total. The van der Waals surface area contributed by atoms with Crippen LogP contribution in [-0.4, -0.2) is 26.1 Å². The predicted molar refractivity (Wildman–Crippen MR) is 93.4 cm³/mol. The first-order valence-electron chi connectivity index (χ1n) is 8.33. The Morgan fingerprint density at radius 2 is 1.62 bits per heavy atom. The summed E-state index contributed by atoms with van der Waals surface area (Å²) in [4.78, 5) is 12.0. The van der Waals surface area contributed by atoms with Gasteiger partial charge in [0.05, 0.1) is 20.3 Å². The second kappa shape index (κ2) is 6.95. The first-order chi connectivity index (χ1) is 11.7. The molecule has 4 nitrogen and oxygen atoms in total. The molecular formula is C20H22O4. The van der Waals surface area contributed by atoms with Crippen molar-refractivity contribution in [3.8, 4) is 28.4 Å². The molecule has 1 aliphatic carbocycles. The molecule has 0 spiro atoms. The third kappa shape index (κ3) is 2.73. The van der Waals surface area contributed by atoms with Crippen molar-refractivity contribution >= 4 is 5.78 Å². The standard InChI is InChI=1S/C20H22O4/c1-4-23-18-12-10-16(19(24-5-2)20(18)22-3)13-7-6-8-15-14(13)9-11-17(15)21/h6-8,10,12H,4-5,9,11H2,1-3H3. The molecule has 126 valence electrons. The van der Waals surface area contributed by atoms with Crippen LogP contribution < -0.4 is 14.2 Å². The van der Waals surface area contributed by atoms with Crippen LogP contribution >= 0.6 is 0 Å². The monoisotopic (exact) mass is 326 g/mol. The summed E-state index contributed by atoms with van der Waals surface area (Å²) in [5, 5.41) is 0. The van der Waals surface area contributed by atoms with Crippen LogP contribution in [-0.2, 0) is 6.42 Å². The fourth-order valence-electron chi connectivity index (χ4n) is 3.25. The number of ketones is 1. The van der Waals surface area contributed by atoms with Gasteiger partial charge in [-0.05, 0) is 43.5 Å². The lowest BCUT2D eigenvalue weighted by Crippen LogP contribution is -2.02. The molecule has 4 heteroatoms. The molecule has 3 rings (SSSR count). The highest BCUT2D eigenvalue weighted by Crippen LogP contribution is 2.46. The van der Waals surface area contributed by atoms with Gasteiger partial charge in [0.15, 0.2) is 17.3 Å². The first-order valence-corrected chi connectivity index (χ1v) is 8.33. The Hall–Kier alpha value is -2.49. The molecule has 0 unspecified atom stereocenters. The van der Waals surface area contributed by atoms with Crippen LogP contribution in [0.3, 0.4) is 0 Å². The lowest BCUT2D eigenvalue weighted by atomic mass is 9.95. The van der Waals surface area contributed by atoms with Gasteiger partial charge in [0, 0.05) is 17.5 Å². The van der Waals surface area contributed by atoms with Crippen LogP contribution in [0.25, 0.3) is 11.1 Å². The number of methoxy groups -OCH3 is 1. The Morgan fingerprint density at radius 3 is 2.33 bits per heavy atom. The summed E-state index contributed by atoms with van der Waals surface area (Å²) in [5.74, 6) is 2.13. The minimum Gasteiger partial charge on any atom is -0.490 e. The minimum atomic E-state index is 0.211. The van der Waals surface area contributed by atoms with Gasteiger partial charge in [0.25, 0.3) is 0 Å². The molecule has 0 heterocycles. The molecule has 0 saturated heterocycles. The van der Waals surface area contributed by atoms with Gasteiger partial charge in [-0.15, -0.1) is 0 Å². The van der Waals surface area contributed by atoms with Gasteiger partial charge in [0.1, 0.15) is 0 Å². The van der Waals surface area contributed by atoms with Gasteiger partial charge in [-0.1, -0.05) is 18.2 Å². The van der Waals surface area contributed by atoms with Crippen LogP contribution in [0.4, 0.5) is 0 Å². The summed E-state index contributed by atoms with van der Waals surface area (Å²) in [6.45, 7) is 4.95. The smallest absolute Gasteiger partial charge is 0.203 e. The molecule has 2 aromatic rings. The summed E-state index contributed by atoms with van der Waals surface area (Å²) < 4.78 is 17.1. The Labute approximate surface area is 142 Å². The fraction of sp³-hybridized carbons (Fsp3) is 0.350. The van der Waals surface area contributed by atoms with E-state index in [1.807, 2.05) is 44.2 Å². The average molecular weight is 326 g/mol. The van der Waals surface area contributed by atoms with Crippen LogP contribution in [0.1, 0.15) is 36.2 Å². The lowest BCUT2D eigenvalue weighted by Gasteiger charge is -2.19. The Bertz CT molecular complexity index is 764. The number of fused-ring (bicyclic) bond motifs is 1. The van der Waals surface area contributed by atoms with E-state index in [0.29, 0.717) is 36.9 Å². The third-order valence-corrected chi connectivity index (χ3v) is 4.24. The zero-order chi connectivity index (χ0) is 17.1. The van der Waals surface area contributed by atoms with Crippen LogP contribution in [0.15, 0.2) is 30.3 Å². The first kappa shape index (κ1) is 16.4. The maximum absolute atomic E-state index is 12.0. The summed E-state index contributed by atoms with van der Waals surface area (Å²) in [6, 6.07) is 9.75. The van der Waals surface area contributed by atoms with Gasteiger partial charge in [-0.3, -0.25) is 4.79 Å². The molecule has 0 saturated carbocycles. The zero-order valence-electron chi connectivity index (χ0n) is 14.3. The number of carbonyl (C=O) groups is 1. The van der Waals surface area contributed by atoms with Crippen LogP contribution in [0.2, 0.25) is 0 Å². The van der Waals surface area contributed by atoms with Crippen molar-refractivity contribution in [3.05, 3.63) is 41.5 Å². The van der Waals surface area contributed by atoms with Crippen molar-refractivity contribution in [1.82, 2.24) is 0 Å². The van der Waals surface area contributed by atoms with E-state index in [1.54, 1.807) is 7.11 Å². The molecule has 0 fully saturated rings. The molecule has 0 aliphatic heterocycles. The number of ether oxygens (including phenoxy) is 3. The average Bonchev–Trinajstić information content (AvgIpc) is 2.97. The highest BCUT2D eigenvalue weighted by molar-refractivity contribution is 6.02. The normalized spacial score (nSPS) is 12.9. The SMILES string of the molecule is CCOc1ccc(-c2cccc3c2CCC3=O)c(OCC)c1OC. The van der Waals surface area contributed by atoms with E-state index in [4.69, 9.17) is 14.2 Å². The van der Waals surface area contributed by atoms with E-state index in [0.717, 1.165) is 28.7 Å². The van der Waals surface area contributed by atoms with Gasteiger partial charge in [-0.25, -0.2) is 0 Å². The highest BCUT2D eigenvalue weighted by Gasteiger charge is 2.25. The van der Waals surface area contributed by atoms with Crippen molar-refractivity contribution in [2.75, 3.05) is 20.3 Å². The van der Waals surface area contributed by atoms with Crippen LogP contribution in [0, 0.1) is 0 Å². The quantitative estimate of drug-likeness (QED) is 0.794. The third-order valence-electron chi connectivity index (χ3n) is 4.24. The molecule has 0 atom stereocenters.